The second-order valence-corrected chi connectivity index (χ2v) is 8.80. The Kier molecular flexibility index (Phi) is 4.40. The summed E-state index contributed by atoms with van der Waals surface area (Å²) in [4.78, 5) is 2.67. The summed E-state index contributed by atoms with van der Waals surface area (Å²) in [6.07, 6.45) is 9.77. The predicted molar refractivity (Wildman–Crippen MR) is 90.5 cm³/mol. The van der Waals surface area contributed by atoms with Gasteiger partial charge in [-0.1, -0.05) is 27.7 Å². The lowest BCUT2D eigenvalue weighted by Gasteiger charge is -2.41. The third kappa shape index (κ3) is 2.67. The van der Waals surface area contributed by atoms with Gasteiger partial charge >= 0.3 is 0 Å². The van der Waals surface area contributed by atoms with Gasteiger partial charge in [-0.05, 0) is 81.3 Å². The van der Waals surface area contributed by atoms with Gasteiger partial charge in [-0.3, -0.25) is 0 Å². The van der Waals surface area contributed by atoms with Crippen LogP contribution >= 0.6 is 0 Å². The molecule has 4 unspecified atom stereocenters. The summed E-state index contributed by atoms with van der Waals surface area (Å²) in [6.45, 7) is 13.9. The molecule has 2 heteroatoms. The molecule has 3 aliphatic rings. The van der Waals surface area contributed by atoms with Gasteiger partial charge in [0.1, 0.15) is 0 Å². The molecule has 1 aliphatic heterocycles. The Balaban J connectivity index is 1.58. The van der Waals surface area contributed by atoms with Crippen molar-refractivity contribution in [1.29, 1.82) is 0 Å². The van der Waals surface area contributed by atoms with E-state index in [2.05, 4.69) is 37.9 Å². The molecule has 21 heavy (non-hydrogen) atoms. The van der Waals surface area contributed by atoms with E-state index in [1.165, 1.54) is 64.6 Å². The van der Waals surface area contributed by atoms with Crippen molar-refractivity contribution >= 4 is 0 Å². The highest BCUT2D eigenvalue weighted by molar-refractivity contribution is 5.13. The molecule has 2 saturated carbocycles. The van der Waals surface area contributed by atoms with E-state index in [4.69, 9.17) is 0 Å². The van der Waals surface area contributed by atoms with Gasteiger partial charge in [0.15, 0.2) is 0 Å². The van der Waals surface area contributed by atoms with Crippen LogP contribution in [0.1, 0.15) is 72.6 Å². The van der Waals surface area contributed by atoms with E-state index in [1.54, 1.807) is 0 Å². The highest BCUT2D eigenvalue weighted by Crippen LogP contribution is 2.65. The second-order valence-electron chi connectivity index (χ2n) is 8.80. The minimum absolute atomic E-state index is 0.535. The van der Waals surface area contributed by atoms with Gasteiger partial charge in [-0.25, -0.2) is 0 Å². The Morgan fingerprint density at radius 3 is 2.52 bits per heavy atom. The largest absolute Gasteiger partial charge is 0.311 e. The molecule has 1 N–H and O–H groups in total. The Hall–Kier alpha value is -0.0800. The van der Waals surface area contributed by atoms with Crippen molar-refractivity contribution in [2.75, 3.05) is 19.6 Å². The van der Waals surface area contributed by atoms with Gasteiger partial charge in [0.2, 0.25) is 0 Å². The maximum atomic E-state index is 4.12. The third-order valence-corrected chi connectivity index (χ3v) is 7.59. The number of hydrogen-bond acceptors (Lipinski definition) is 2. The lowest BCUT2D eigenvalue weighted by molar-refractivity contribution is 0.113. The van der Waals surface area contributed by atoms with Gasteiger partial charge in [0.25, 0.3) is 0 Å². The first kappa shape index (κ1) is 15.8. The zero-order valence-corrected chi connectivity index (χ0v) is 14.8. The Labute approximate surface area is 132 Å². The standard InChI is InChI=1S/C19H36N2/c1-5-11-21-12-6-7-16(9-13-21)20-17-14-15-8-10-19(17,4)18(15,2)3/h15-17,20H,5-14H2,1-4H3. The fraction of sp³-hybridized carbons (Fsp3) is 1.00. The number of fused-ring (bicyclic) bond motifs is 2. The lowest BCUT2D eigenvalue weighted by atomic mass is 9.69. The first-order chi connectivity index (χ1) is 9.97. The number of rotatable bonds is 4. The zero-order chi connectivity index (χ0) is 15.1. The number of likely N-dealkylation sites (tertiary alicyclic amines) is 1. The molecule has 0 radical (unpaired) electrons. The summed E-state index contributed by atoms with van der Waals surface area (Å²) in [6, 6.07) is 1.54. The van der Waals surface area contributed by atoms with E-state index < -0.39 is 0 Å². The maximum Gasteiger partial charge on any atom is 0.0131 e. The number of nitrogens with zero attached hydrogens (tertiary/aromatic N) is 1. The van der Waals surface area contributed by atoms with Crippen LogP contribution in [0.3, 0.4) is 0 Å². The molecule has 0 amide bonds. The van der Waals surface area contributed by atoms with E-state index in [9.17, 15) is 0 Å². The van der Waals surface area contributed by atoms with Crippen LogP contribution in [-0.2, 0) is 0 Å². The van der Waals surface area contributed by atoms with Crippen molar-refractivity contribution in [3.05, 3.63) is 0 Å². The summed E-state index contributed by atoms with van der Waals surface area (Å²) < 4.78 is 0. The van der Waals surface area contributed by atoms with Gasteiger partial charge in [0, 0.05) is 12.1 Å². The van der Waals surface area contributed by atoms with Crippen LogP contribution in [0.15, 0.2) is 0 Å². The minimum atomic E-state index is 0.535. The average Bonchev–Trinajstić information content (AvgIpc) is 2.69. The summed E-state index contributed by atoms with van der Waals surface area (Å²) >= 11 is 0. The van der Waals surface area contributed by atoms with Gasteiger partial charge < -0.3 is 10.2 Å². The van der Waals surface area contributed by atoms with Crippen LogP contribution in [0.5, 0.6) is 0 Å². The fourth-order valence-corrected chi connectivity index (χ4v) is 5.60. The van der Waals surface area contributed by atoms with Crippen LogP contribution in [0.25, 0.3) is 0 Å². The van der Waals surface area contributed by atoms with E-state index in [0.29, 0.717) is 10.8 Å². The fourth-order valence-electron chi connectivity index (χ4n) is 5.60. The molecule has 2 bridgehead atoms. The van der Waals surface area contributed by atoms with Gasteiger partial charge in [-0.2, -0.15) is 0 Å². The first-order valence-electron chi connectivity index (χ1n) is 9.46. The molecule has 122 valence electrons. The topological polar surface area (TPSA) is 15.3 Å². The van der Waals surface area contributed by atoms with Crippen molar-refractivity contribution in [3.8, 4) is 0 Å². The molecule has 1 saturated heterocycles. The monoisotopic (exact) mass is 292 g/mol. The highest BCUT2D eigenvalue weighted by atomic mass is 15.1. The Morgan fingerprint density at radius 1 is 1.10 bits per heavy atom. The summed E-state index contributed by atoms with van der Waals surface area (Å²) in [5, 5.41) is 4.12. The summed E-state index contributed by atoms with van der Waals surface area (Å²) in [7, 11) is 0. The predicted octanol–water partition coefficient (Wildman–Crippen LogP) is 4.06. The molecule has 3 fully saturated rings. The lowest BCUT2D eigenvalue weighted by Crippen LogP contribution is -2.48. The summed E-state index contributed by atoms with van der Waals surface area (Å²) in [5.74, 6) is 0.961. The van der Waals surface area contributed by atoms with E-state index >= 15 is 0 Å². The van der Waals surface area contributed by atoms with Crippen molar-refractivity contribution in [1.82, 2.24) is 10.2 Å². The zero-order valence-electron chi connectivity index (χ0n) is 14.8. The maximum absolute atomic E-state index is 4.12. The van der Waals surface area contributed by atoms with Crippen molar-refractivity contribution in [2.24, 2.45) is 16.7 Å². The molecule has 3 rings (SSSR count). The first-order valence-corrected chi connectivity index (χ1v) is 9.46. The minimum Gasteiger partial charge on any atom is -0.311 e. The molecular weight excluding hydrogens is 256 g/mol. The Bertz CT molecular complexity index is 365. The van der Waals surface area contributed by atoms with Gasteiger partial charge in [-0.15, -0.1) is 0 Å². The Morgan fingerprint density at radius 2 is 1.90 bits per heavy atom. The molecule has 0 aromatic carbocycles. The highest BCUT2D eigenvalue weighted by Gasteiger charge is 2.61. The molecule has 2 nitrogen and oxygen atoms in total. The third-order valence-electron chi connectivity index (χ3n) is 7.59. The number of nitrogens with one attached hydrogen (secondary N) is 1. The van der Waals surface area contributed by atoms with Crippen LogP contribution < -0.4 is 5.32 Å². The molecule has 0 spiro atoms. The van der Waals surface area contributed by atoms with Gasteiger partial charge in [0.05, 0.1) is 0 Å². The molecule has 2 aliphatic carbocycles. The average molecular weight is 293 g/mol. The van der Waals surface area contributed by atoms with Crippen LogP contribution in [0, 0.1) is 16.7 Å². The van der Waals surface area contributed by atoms with Crippen molar-refractivity contribution in [3.63, 3.8) is 0 Å². The molecule has 4 atom stereocenters. The van der Waals surface area contributed by atoms with E-state index in [1.807, 2.05) is 0 Å². The van der Waals surface area contributed by atoms with Crippen LogP contribution in [-0.4, -0.2) is 36.6 Å². The SMILES string of the molecule is CCCN1CCCC(NC2CC3CCC2(C)C3(C)C)CC1. The second kappa shape index (κ2) is 5.85. The quantitative estimate of drug-likeness (QED) is 0.841. The molecule has 0 aromatic heterocycles. The van der Waals surface area contributed by atoms with Crippen molar-refractivity contribution in [2.45, 2.75) is 84.7 Å². The molecule has 1 heterocycles. The van der Waals surface area contributed by atoms with Crippen molar-refractivity contribution < 1.29 is 0 Å². The van der Waals surface area contributed by atoms with E-state index in [-0.39, 0.29) is 0 Å². The number of hydrogen-bond donors (Lipinski definition) is 1. The molecule has 0 aromatic rings. The molecular formula is C19H36N2. The normalized spacial score (nSPS) is 43.1. The smallest absolute Gasteiger partial charge is 0.0131 e. The van der Waals surface area contributed by atoms with E-state index in [0.717, 1.165) is 18.0 Å². The summed E-state index contributed by atoms with van der Waals surface area (Å²) in [5.41, 5.74) is 1.08. The van der Waals surface area contributed by atoms with Crippen LogP contribution in [0.2, 0.25) is 0 Å². The van der Waals surface area contributed by atoms with Crippen LogP contribution in [0.4, 0.5) is 0 Å².